The Morgan fingerprint density at radius 1 is 1.12 bits per heavy atom. The zero-order valence-electron chi connectivity index (χ0n) is 13.7. The van der Waals surface area contributed by atoms with Gasteiger partial charge in [-0.05, 0) is 37.3 Å². The van der Waals surface area contributed by atoms with E-state index in [-0.39, 0.29) is 16.6 Å². The van der Waals surface area contributed by atoms with Crippen molar-refractivity contribution >= 4 is 39.0 Å². The summed E-state index contributed by atoms with van der Waals surface area (Å²) in [5.74, 6) is -1.37. The van der Waals surface area contributed by atoms with Crippen LogP contribution in [0.2, 0.25) is 0 Å². The summed E-state index contributed by atoms with van der Waals surface area (Å²) in [7, 11) is 1.62. The summed E-state index contributed by atoms with van der Waals surface area (Å²) < 4.78 is 19.7. The van der Waals surface area contributed by atoms with Crippen molar-refractivity contribution in [2.75, 3.05) is 11.9 Å². The minimum Gasteiger partial charge on any atom is -0.448 e. The fourth-order valence-electron chi connectivity index (χ4n) is 2.45. The molecule has 0 bridgehead atoms. The molecule has 1 heterocycles. The van der Waals surface area contributed by atoms with E-state index in [1.807, 2.05) is 18.2 Å². The van der Waals surface area contributed by atoms with Crippen LogP contribution in [0.25, 0.3) is 10.1 Å². The minimum atomic E-state index is -0.951. The summed E-state index contributed by atoms with van der Waals surface area (Å²) in [6, 6.07) is 15.2. The Hall–Kier alpha value is -2.73. The fourth-order valence-corrected chi connectivity index (χ4v) is 3.40. The lowest BCUT2D eigenvalue weighted by molar-refractivity contribution is -0.126. The fraction of sp³-hybridized carbons (Fsp3) is 0.158. The van der Waals surface area contributed by atoms with Crippen molar-refractivity contribution in [3.05, 3.63) is 65.3 Å². The van der Waals surface area contributed by atoms with E-state index in [0.29, 0.717) is 15.8 Å². The van der Waals surface area contributed by atoms with Crippen LogP contribution in [0.1, 0.15) is 16.6 Å². The Labute approximate surface area is 148 Å². The van der Waals surface area contributed by atoms with E-state index in [2.05, 4.69) is 0 Å². The first-order valence-electron chi connectivity index (χ1n) is 7.69. The number of amides is 1. The van der Waals surface area contributed by atoms with Crippen LogP contribution in [0.4, 0.5) is 10.1 Å². The van der Waals surface area contributed by atoms with Gasteiger partial charge < -0.3 is 9.64 Å². The standard InChI is InChI=1S/C19H16FNO3S/c1-12(18(22)21(2)13-7-4-3-5-8-13)24-19(23)17-11-14-15(20)9-6-10-16(14)25-17/h3-12H,1-2H3. The molecule has 6 heteroatoms. The second-order valence-corrected chi connectivity index (χ2v) is 6.63. The second kappa shape index (κ2) is 7.03. The molecule has 0 radical (unpaired) electrons. The van der Waals surface area contributed by atoms with Gasteiger partial charge in [0.05, 0.1) is 0 Å². The highest BCUT2D eigenvalue weighted by Crippen LogP contribution is 2.28. The molecule has 0 fully saturated rings. The van der Waals surface area contributed by atoms with Crippen molar-refractivity contribution in [2.24, 2.45) is 0 Å². The predicted molar refractivity (Wildman–Crippen MR) is 96.5 cm³/mol. The van der Waals surface area contributed by atoms with Crippen LogP contribution in [0.15, 0.2) is 54.6 Å². The van der Waals surface area contributed by atoms with Crippen molar-refractivity contribution < 1.29 is 18.7 Å². The van der Waals surface area contributed by atoms with Gasteiger partial charge >= 0.3 is 5.97 Å². The normalized spacial score (nSPS) is 12.0. The van der Waals surface area contributed by atoms with Gasteiger partial charge in [-0.25, -0.2) is 9.18 Å². The van der Waals surface area contributed by atoms with Gasteiger partial charge in [-0.3, -0.25) is 4.79 Å². The van der Waals surface area contributed by atoms with Gasteiger partial charge in [0.15, 0.2) is 6.10 Å². The van der Waals surface area contributed by atoms with E-state index in [1.165, 1.54) is 24.0 Å². The quantitative estimate of drug-likeness (QED) is 0.656. The number of halogens is 1. The number of nitrogens with zero attached hydrogens (tertiary/aromatic N) is 1. The monoisotopic (exact) mass is 357 g/mol. The average molecular weight is 357 g/mol. The molecule has 2 aromatic carbocycles. The topological polar surface area (TPSA) is 46.6 Å². The number of anilines is 1. The number of carbonyl (C=O) groups is 2. The van der Waals surface area contributed by atoms with E-state index in [9.17, 15) is 14.0 Å². The number of ether oxygens (including phenoxy) is 1. The third-order valence-electron chi connectivity index (χ3n) is 3.82. The third kappa shape index (κ3) is 3.53. The number of esters is 1. The maximum atomic E-state index is 13.7. The number of hydrogen-bond acceptors (Lipinski definition) is 4. The van der Waals surface area contributed by atoms with E-state index in [1.54, 1.807) is 31.3 Å². The average Bonchev–Trinajstić information content (AvgIpc) is 3.07. The van der Waals surface area contributed by atoms with Crippen molar-refractivity contribution in [2.45, 2.75) is 13.0 Å². The number of carbonyl (C=O) groups excluding carboxylic acids is 2. The molecule has 0 aliphatic heterocycles. The molecule has 1 aromatic heterocycles. The lowest BCUT2D eigenvalue weighted by Gasteiger charge is -2.21. The van der Waals surface area contributed by atoms with E-state index in [4.69, 9.17) is 4.74 Å². The van der Waals surface area contributed by atoms with E-state index >= 15 is 0 Å². The molecule has 1 amide bonds. The summed E-state index contributed by atoms with van der Waals surface area (Å²) in [5.41, 5.74) is 0.708. The molecule has 1 atom stereocenters. The number of rotatable bonds is 4. The summed E-state index contributed by atoms with van der Waals surface area (Å²) in [6.45, 7) is 1.52. The molecule has 3 aromatic rings. The van der Waals surface area contributed by atoms with Gasteiger partial charge in [-0.15, -0.1) is 11.3 Å². The van der Waals surface area contributed by atoms with Crippen LogP contribution >= 0.6 is 11.3 Å². The van der Waals surface area contributed by atoms with Gasteiger partial charge in [-0.1, -0.05) is 24.3 Å². The molecule has 0 saturated heterocycles. The molecule has 0 saturated carbocycles. The Morgan fingerprint density at radius 2 is 1.84 bits per heavy atom. The van der Waals surface area contributed by atoms with Gasteiger partial charge in [0.25, 0.3) is 5.91 Å². The number of benzene rings is 2. The zero-order chi connectivity index (χ0) is 18.0. The Morgan fingerprint density at radius 3 is 2.52 bits per heavy atom. The van der Waals surface area contributed by atoms with E-state index in [0.717, 1.165) is 11.3 Å². The molecule has 4 nitrogen and oxygen atoms in total. The molecule has 0 spiro atoms. The molecule has 25 heavy (non-hydrogen) atoms. The first-order valence-corrected chi connectivity index (χ1v) is 8.50. The van der Waals surface area contributed by atoms with Gasteiger partial charge in [-0.2, -0.15) is 0 Å². The van der Waals surface area contributed by atoms with Gasteiger partial charge in [0.2, 0.25) is 0 Å². The number of para-hydroxylation sites is 1. The highest BCUT2D eigenvalue weighted by atomic mass is 32.1. The van der Waals surface area contributed by atoms with Crippen LogP contribution in [0.5, 0.6) is 0 Å². The Balaban J connectivity index is 1.73. The van der Waals surface area contributed by atoms with Crippen molar-refractivity contribution in [1.82, 2.24) is 0 Å². The number of likely N-dealkylation sites (N-methyl/N-ethyl adjacent to an activating group) is 1. The molecule has 0 N–H and O–H groups in total. The predicted octanol–water partition coefficient (Wildman–Crippen LogP) is 4.25. The molecule has 1 unspecified atom stereocenters. The molecular weight excluding hydrogens is 341 g/mol. The maximum Gasteiger partial charge on any atom is 0.349 e. The van der Waals surface area contributed by atoms with E-state index < -0.39 is 12.1 Å². The number of thiophene rings is 1. The number of hydrogen-bond donors (Lipinski definition) is 0. The highest BCUT2D eigenvalue weighted by molar-refractivity contribution is 7.20. The van der Waals surface area contributed by atoms with Crippen LogP contribution < -0.4 is 4.90 Å². The lowest BCUT2D eigenvalue weighted by atomic mass is 10.2. The Kier molecular flexibility index (Phi) is 4.81. The first-order chi connectivity index (χ1) is 12.0. The molecule has 0 aliphatic rings. The van der Waals surface area contributed by atoms with Crippen LogP contribution in [0.3, 0.4) is 0 Å². The maximum absolute atomic E-state index is 13.7. The second-order valence-electron chi connectivity index (χ2n) is 5.54. The third-order valence-corrected chi connectivity index (χ3v) is 4.90. The van der Waals surface area contributed by atoms with Crippen LogP contribution in [-0.2, 0) is 9.53 Å². The van der Waals surface area contributed by atoms with Crippen molar-refractivity contribution in [3.63, 3.8) is 0 Å². The highest BCUT2D eigenvalue weighted by Gasteiger charge is 2.24. The molecule has 128 valence electrons. The van der Waals surface area contributed by atoms with Crippen LogP contribution in [-0.4, -0.2) is 25.0 Å². The summed E-state index contributed by atoms with van der Waals surface area (Å²) in [4.78, 5) is 26.4. The summed E-state index contributed by atoms with van der Waals surface area (Å²) in [6.07, 6.45) is -0.951. The Bertz CT molecular complexity index is 923. The van der Waals surface area contributed by atoms with Gasteiger partial charge in [0.1, 0.15) is 10.7 Å². The van der Waals surface area contributed by atoms with Crippen molar-refractivity contribution in [3.8, 4) is 0 Å². The zero-order valence-corrected chi connectivity index (χ0v) is 14.5. The summed E-state index contributed by atoms with van der Waals surface area (Å²) >= 11 is 1.14. The van der Waals surface area contributed by atoms with Crippen molar-refractivity contribution in [1.29, 1.82) is 0 Å². The largest absolute Gasteiger partial charge is 0.448 e. The smallest absolute Gasteiger partial charge is 0.349 e. The SMILES string of the molecule is CC(OC(=O)c1cc2c(F)cccc2s1)C(=O)N(C)c1ccccc1. The molecule has 0 aliphatic carbocycles. The number of fused-ring (bicyclic) bond motifs is 1. The molecule has 3 rings (SSSR count). The lowest BCUT2D eigenvalue weighted by Crippen LogP contribution is -2.37. The van der Waals surface area contributed by atoms with Gasteiger partial charge in [0, 0.05) is 22.8 Å². The minimum absolute atomic E-state index is 0.266. The molecular formula is C19H16FNO3S. The van der Waals surface area contributed by atoms with Crippen LogP contribution in [0, 0.1) is 5.82 Å². The first kappa shape index (κ1) is 17.1. The summed E-state index contributed by atoms with van der Waals surface area (Å²) in [5, 5.41) is 0.375.